The maximum absolute atomic E-state index is 5.52. The normalized spacial score (nSPS) is 24.7. The fourth-order valence-electron chi connectivity index (χ4n) is 4.17. The van der Waals surface area contributed by atoms with Crippen LogP contribution in [0.15, 0.2) is 59.7 Å². The molecule has 1 aromatic heterocycles. The number of hydrogen-bond acceptors (Lipinski definition) is 8. The van der Waals surface area contributed by atoms with Crippen LogP contribution in [0.2, 0.25) is 0 Å². The molecule has 2 aliphatic rings. The van der Waals surface area contributed by atoms with E-state index in [9.17, 15) is 0 Å². The van der Waals surface area contributed by atoms with E-state index in [0.29, 0.717) is 0 Å². The van der Waals surface area contributed by atoms with Crippen LogP contribution in [0.3, 0.4) is 0 Å². The highest BCUT2D eigenvalue weighted by molar-refractivity contribution is 6.00. The maximum Gasteiger partial charge on any atom is 0.152 e. The molecule has 9 heteroatoms. The zero-order valence-corrected chi connectivity index (χ0v) is 18.1. The van der Waals surface area contributed by atoms with Gasteiger partial charge in [-0.1, -0.05) is 36.4 Å². The first-order chi connectivity index (χ1) is 15.8. The monoisotopic (exact) mass is 434 g/mol. The van der Waals surface area contributed by atoms with E-state index >= 15 is 0 Å². The van der Waals surface area contributed by atoms with Gasteiger partial charge in [-0.05, 0) is 25.1 Å². The number of hydrogen-bond donors (Lipinski definition) is 6. The third kappa shape index (κ3) is 4.77. The van der Waals surface area contributed by atoms with Gasteiger partial charge in [-0.25, -0.2) is 0 Å². The Hall–Kier alpha value is -2.95. The predicted octanol–water partition coefficient (Wildman–Crippen LogP) is 1.48. The number of benzene rings is 2. The Bertz CT molecular complexity index is 1050. The average Bonchev–Trinajstić information content (AvgIpc) is 3.15. The van der Waals surface area contributed by atoms with Gasteiger partial charge in [0, 0.05) is 40.9 Å². The van der Waals surface area contributed by atoms with E-state index in [0.717, 1.165) is 54.2 Å². The van der Waals surface area contributed by atoms with Crippen molar-refractivity contribution in [3.05, 3.63) is 65.9 Å². The van der Waals surface area contributed by atoms with Crippen molar-refractivity contribution in [2.24, 2.45) is 5.10 Å². The second kappa shape index (κ2) is 9.68. The Balaban J connectivity index is 1.29. The largest absolute Gasteiger partial charge is 0.379 e. The molecule has 32 heavy (non-hydrogen) atoms. The van der Waals surface area contributed by atoms with Gasteiger partial charge in [0.1, 0.15) is 12.6 Å². The minimum atomic E-state index is -0.230. The van der Waals surface area contributed by atoms with Crippen LogP contribution in [0.4, 0.5) is 5.69 Å². The highest BCUT2D eigenvalue weighted by Crippen LogP contribution is 2.19. The highest BCUT2D eigenvalue weighted by Gasteiger charge is 2.31. The molecular weight excluding hydrogens is 404 g/mol. The van der Waals surface area contributed by atoms with Crippen LogP contribution in [-0.2, 0) is 4.74 Å². The third-order valence-electron chi connectivity index (χ3n) is 5.82. The Labute approximate surface area is 187 Å². The van der Waals surface area contributed by atoms with Gasteiger partial charge in [0.15, 0.2) is 6.29 Å². The molecule has 2 fully saturated rings. The number of morpholine rings is 1. The molecule has 2 aliphatic heterocycles. The molecule has 2 saturated heterocycles. The molecule has 9 nitrogen and oxygen atoms in total. The molecule has 168 valence electrons. The first-order valence-corrected chi connectivity index (χ1v) is 11.0. The van der Waals surface area contributed by atoms with E-state index in [-0.39, 0.29) is 18.9 Å². The first-order valence-electron chi connectivity index (χ1n) is 11.0. The number of anilines is 1. The lowest BCUT2D eigenvalue weighted by Crippen LogP contribution is -2.76. The SMILES string of the molecule is Cc1[nH]c2ccccc2c1/C=N\NC1NC(Nc2ccccc2)NC(N2CCOCC2)N1. The molecule has 2 aromatic carbocycles. The highest BCUT2D eigenvalue weighted by atomic mass is 16.5. The summed E-state index contributed by atoms with van der Waals surface area (Å²) in [5, 5.41) is 19.8. The van der Waals surface area contributed by atoms with Crippen molar-refractivity contribution in [1.29, 1.82) is 0 Å². The minimum absolute atomic E-state index is 0.0242. The van der Waals surface area contributed by atoms with Crippen molar-refractivity contribution in [1.82, 2.24) is 31.3 Å². The molecule has 0 spiro atoms. The van der Waals surface area contributed by atoms with Gasteiger partial charge >= 0.3 is 0 Å². The first kappa shape index (κ1) is 20.9. The minimum Gasteiger partial charge on any atom is -0.379 e. The Kier molecular flexibility index (Phi) is 6.33. The zero-order chi connectivity index (χ0) is 21.8. The summed E-state index contributed by atoms with van der Waals surface area (Å²) in [6.45, 7) is 5.28. The molecule has 0 saturated carbocycles. The number of para-hydroxylation sites is 2. The van der Waals surface area contributed by atoms with E-state index < -0.39 is 0 Å². The second-order valence-electron chi connectivity index (χ2n) is 8.02. The molecule has 3 aromatic rings. The number of fused-ring (bicyclic) bond motifs is 1. The molecule has 5 rings (SSSR count). The number of rotatable bonds is 6. The summed E-state index contributed by atoms with van der Waals surface area (Å²) in [5.74, 6) is 0. The van der Waals surface area contributed by atoms with Crippen molar-refractivity contribution in [2.75, 3.05) is 31.6 Å². The summed E-state index contributed by atoms with van der Waals surface area (Å²) in [4.78, 5) is 5.75. The fourth-order valence-corrected chi connectivity index (χ4v) is 4.17. The van der Waals surface area contributed by atoms with Crippen molar-refractivity contribution < 1.29 is 4.74 Å². The summed E-state index contributed by atoms with van der Waals surface area (Å²) in [7, 11) is 0. The van der Waals surface area contributed by atoms with Crippen LogP contribution in [0.25, 0.3) is 10.9 Å². The fraction of sp³-hybridized carbons (Fsp3) is 0.348. The van der Waals surface area contributed by atoms with Gasteiger partial charge in [0.2, 0.25) is 0 Å². The summed E-state index contributed by atoms with van der Waals surface area (Å²) >= 11 is 0. The van der Waals surface area contributed by atoms with Crippen molar-refractivity contribution in [2.45, 2.75) is 25.8 Å². The number of nitrogens with one attached hydrogen (secondary N) is 6. The lowest BCUT2D eigenvalue weighted by Gasteiger charge is -2.44. The molecule has 3 atom stereocenters. The van der Waals surface area contributed by atoms with E-state index in [1.54, 1.807) is 0 Å². The Morgan fingerprint density at radius 3 is 2.56 bits per heavy atom. The summed E-state index contributed by atoms with van der Waals surface area (Å²) in [6.07, 6.45) is 1.48. The molecule has 0 bridgehead atoms. The molecule has 6 N–H and O–H groups in total. The Morgan fingerprint density at radius 1 is 0.969 bits per heavy atom. The number of ether oxygens (including phenoxy) is 1. The van der Waals surface area contributed by atoms with Crippen LogP contribution >= 0.6 is 0 Å². The number of aryl methyl sites for hydroxylation is 1. The molecule has 0 radical (unpaired) electrons. The summed E-state index contributed by atoms with van der Waals surface area (Å²) in [6, 6.07) is 18.4. The molecular formula is C23H30N8O. The lowest BCUT2D eigenvalue weighted by atomic mass is 10.1. The van der Waals surface area contributed by atoms with E-state index in [1.807, 2.05) is 36.5 Å². The summed E-state index contributed by atoms with van der Waals surface area (Å²) < 4.78 is 5.52. The molecule has 3 unspecified atom stereocenters. The van der Waals surface area contributed by atoms with Crippen LogP contribution in [-0.4, -0.2) is 61.3 Å². The van der Waals surface area contributed by atoms with Gasteiger partial charge in [0.25, 0.3) is 0 Å². The van der Waals surface area contributed by atoms with Crippen molar-refractivity contribution >= 4 is 22.8 Å². The molecule has 0 aliphatic carbocycles. The second-order valence-corrected chi connectivity index (χ2v) is 8.02. The van der Waals surface area contributed by atoms with E-state index in [4.69, 9.17) is 4.74 Å². The van der Waals surface area contributed by atoms with E-state index in [2.05, 4.69) is 72.9 Å². The van der Waals surface area contributed by atoms with Crippen LogP contribution in [0.5, 0.6) is 0 Å². The topological polar surface area (TPSA) is 101 Å². The molecule has 0 amide bonds. The smallest absolute Gasteiger partial charge is 0.152 e. The summed E-state index contributed by atoms with van der Waals surface area (Å²) in [5.41, 5.74) is 7.57. The number of H-pyrrole nitrogens is 1. The van der Waals surface area contributed by atoms with Crippen LogP contribution < -0.4 is 26.7 Å². The van der Waals surface area contributed by atoms with E-state index in [1.165, 1.54) is 0 Å². The van der Waals surface area contributed by atoms with Crippen molar-refractivity contribution in [3.63, 3.8) is 0 Å². The maximum atomic E-state index is 5.52. The molecule has 3 heterocycles. The lowest BCUT2D eigenvalue weighted by molar-refractivity contribution is -0.0223. The van der Waals surface area contributed by atoms with Gasteiger partial charge in [-0.2, -0.15) is 5.10 Å². The zero-order valence-electron chi connectivity index (χ0n) is 18.1. The number of aromatic amines is 1. The Morgan fingerprint density at radius 2 is 1.72 bits per heavy atom. The predicted molar refractivity (Wildman–Crippen MR) is 127 cm³/mol. The van der Waals surface area contributed by atoms with Gasteiger partial charge in [-0.15, -0.1) is 0 Å². The number of aromatic nitrogens is 1. The standard InChI is InChI=1S/C23H30N8O/c1-16-19(18-9-5-6-10-20(18)25-16)15-24-30-22-27-21(26-17-7-3-2-4-8-17)28-23(29-22)31-11-13-32-14-12-31/h2-10,15,21-23,25-30H,11-14H2,1H3/b24-15-. The van der Waals surface area contributed by atoms with Crippen LogP contribution in [0, 0.1) is 6.92 Å². The average molecular weight is 435 g/mol. The number of nitrogens with zero attached hydrogens (tertiary/aromatic N) is 2. The quantitative estimate of drug-likeness (QED) is 0.258. The van der Waals surface area contributed by atoms with Gasteiger partial charge < -0.3 is 15.0 Å². The van der Waals surface area contributed by atoms with Crippen molar-refractivity contribution in [3.8, 4) is 0 Å². The number of hydrazone groups is 1. The van der Waals surface area contributed by atoms with Crippen LogP contribution in [0.1, 0.15) is 11.3 Å². The van der Waals surface area contributed by atoms with Gasteiger partial charge in [0.05, 0.1) is 19.4 Å². The third-order valence-corrected chi connectivity index (χ3v) is 5.82. The van der Waals surface area contributed by atoms with Gasteiger partial charge in [-0.3, -0.25) is 26.3 Å².